The van der Waals surface area contributed by atoms with E-state index < -0.39 is 0 Å². The number of rotatable bonds is 6. The van der Waals surface area contributed by atoms with Gasteiger partial charge in [-0.1, -0.05) is 13.8 Å². The van der Waals surface area contributed by atoms with Crippen molar-refractivity contribution in [2.75, 3.05) is 13.7 Å². The first-order valence-corrected chi connectivity index (χ1v) is 5.56. The zero-order chi connectivity index (χ0) is 11.1. The normalized spacial score (nSPS) is 12.5. The molecule has 0 saturated carbocycles. The highest BCUT2D eigenvalue weighted by Gasteiger charge is 2.07. The first-order chi connectivity index (χ1) is 7.31. The highest BCUT2D eigenvalue weighted by molar-refractivity contribution is 5.25. The summed E-state index contributed by atoms with van der Waals surface area (Å²) >= 11 is 0. The van der Waals surface area contributed by atoms with Gasteiger partial charge in [0.15, 0.2) is 0 Å². The SMILES string of the molecule is CCCOc1cncc(C(CC)NC)c1. The maximum absolute atomic E-state index is 5.54. The van der Waals surface area contributed by atoms with E-state index in [4.69, 9.17) is 4.74 Å². The first-order valence-electron chi connectivity index (χ1n) is 5.56. The molecule has 0 spiro atoms. The summed E-state index contributed by atoms with van der Waals surface area (Å²) in [6, 6.07) is 2.43. The van der Waals surface area contributed by atoms with Gasteiger partial charge in [0.25, 0.3) is 0 Å². The summed E-state index contributed by atoms with van der Waals surface area (Å²) < 4.78 is 5.54. The molecule has 1 aromatic rings. The second-order valence-corrected chi connectivity index (χ2v) is 3.55. The van der Waals surface area contributed by atoms with Crippen LogP contribution in [-0.2, 0) is 0 Å². The molecular weight excluding hydrogens is 188 g/mol. The van der Waals surface area contributed by atoms with Gasteiger partial charge in [0.05, 0.1) is 12.8 Å². The fourth-order valence-electron chi connectivity index (χ4n) is 1.53. The smallest absolute Gasteiger partial charge is 0.137 e. The Balaban J connectivity index is 2.72. The van der Waals surface area contributed by atoms with Crippen molar-refractivity contribution in [2.24, 2.45) is 0 Å². The number of aromatic nitrogens is 1. The molecule has 0 bridgehead atoms. The predicted octanol–water partition coefficient (Wildman–Crippen LogP) is 2.54. The summed E-state index contributed by atoms with van der Waals surface area (Å²) in [5.74, 6) is 0.864. The molecule has 1 atom stereocenters. The van der Waals surface area contributed by atoms with Crippen LogP contribution in [0.15, 0.2) is 18.5 Å². The van der Waals surface area contributed by atoms with E-state index in [0.29, 0.717) is 6.04 Å². The van der Waals surface area contributed by atoms with Crippen LogP contribution in [0.5, 0.6) is 5.75 Å². The summed E-state index contributed by atoms with van der Waals surface area (Å²) in [6.45, 7) is 5.00. The van der Waals surface area contributed by atoms with Crippen LogP contribution in [0.25, 0.3) is 0 Å². The minimum atomic E-state index is 0.364. The molecule has 1 unspecified atom stereocenters. The average molecular weight is 208 g/mol. The Morgan fingerprint density at radius 3 is 2.80 bits per heavy atom. The lowest BCUT2D eigenvalue weighted by Gasteiger charge is -2.14. The zero-order valence-corrected chi connectivity index (χ0v) is 9.79. The van der Waals surface area contributed by atoms with Gasteiger partial charge >= 0.3 is 0 Å². The molecule has 84 valence electrons. The quantitative estimate of drug-likeness (QED) is 0.780. The number of pyridine rings is 1. The fourth-order valence-corrected chi connectivity index (χ4v) is 1.53. The van der Waals surface area contributed by atoms with Crippen LogP contribution in [0.1, 0.15) is 38.3 Å². The van der Waals surface area contributed by atoms with Crippen LogP contribution in [0, 0.1) is 0 Å². The van der Waals surface area contributed by atoms with E-state index in [1.165, 1.54) is 5.56 Å². The Bertz CT molecular complexity index is 285. The van der Waals surface area contributed by atoms with Crippen molar-refractivity contribution in [2.45, 2.75) is 32.7 Å². The minimum absolute atomic E-state index is 0.364. The Kier molecular flexibility index (Phi) is 5.12. The van der Waals surface area contributed by atoms with Crippen molar-refractivity contribution in [3.05, 3.63) is 24.0 Å². The molecule has 3 nitrogen and oxygen atoms in total. The molecule has 1 heterocycles. The van der Waals surface area contributed by atoms with E-state index in [1.54, 1.807) is 6.20 Å². The first kappa shape index (κ1) is 12.0. The molecule has 15 heavy (non-hydrogen) atoms. The van der Waals surface area contributed by atoms with E-state index in [9.17, 15) is 0 Å². The van der Waals surface area contributed by atoms with Crippen LogP contribution in [0.2, 0.25) is 0 Å². The van der Waals surface area contributed by atoms with Gasteiger partial charge in [0.2, 0.25) is 0 Å². The molecule has 0 fully saturated rings. The van der Waals surface area contributed by atoms with Crippen molar-refractivity contribution < 1.29 is 4.74 Å². The number of nitrogens with one attached hydrogen (secondary N) is 1. The summed E-state index contributed by atoms with van der Waals surface area (Å²) in [7, 11) is 1.97. The lowest BCUT2D eigenvalue weighted by molar-refractivity contribution is 0.315. The molecule has 0 amide bonds. The maximum Gasteiger partial charge on any atom is 0.137 e. The van der Waals surface area contributed by atoms with Crippen LogP contribution in [0.3, 0.4) is 0 Å². The minimum Gasteiger partial charge on any atom is -0.492 e. The molecule has 0 aliphatic heterocycles. The monoisotopic (exact) mass is 208 g/mol. The highest BCUT2D eigenvalue weighted by atomic mass is 16.5. The molecule has 3 heteroatoms. The molecule has 0 aromatic carbocycles. The number of hydrogen-bond acceptors (Lipinski definition) is 3. The summed E-state index contributed by atoms with van der Waals surface area (Å²) in [4.78, 5) is 4.19. The fraction of sp³-hybridized carbons (Fsp3) is 0.583. The van der Waals surface area contributed by atoms with Crippen LogP contribution in [-0.4, -0.2) is 18.6 Å². The standard InChI is InChI=1S/C12H20N2O/c1-4-6-15-11-7-10(8-14-9-11)12(5-2)13-3/h7-9,12-13H,4-6H2,1-3H3. The van der Waals surface area contributed by atoms with Gasteiger partial charge in [-0.25, -0.2) is 0 Å². The van der Waals surface area contributed by atoms with Crippen molar-refractivity contribution in [3.8, 4) is 5.75 Å². The van der Waals surface area contributed by atoms with Gasteiger partial charge in [-0.05, 0) is 31.5 Å². The second kappa shape index (κ2) is 6.40. The van der Waals surface area contributed by atoms with E-state index in [2.05, 4.69) is 30.2 Å². The zero-order valence-electron chi connectivity index (χ0n) is 9.79. The van der Waals surface area contributed by atoms with Crippen molar-refractivity contribution >= 4 is 0 Å². The topological polar surface area (TPSA) is 34.1 Å². The molecule has 0 aliphatic carbocycles. The Morgan fingerprint density at radius 2 is 2.20 bits per heavy atom. The molecule has 0 aliphatic rings. The summed E-state index contributed by atoms with van der Waals surface area (Å²) in [5, 5.41) is 3.26. The highest BCUT2D eigenvalue weighted by Crippen LogP contribution is 2.19. The van der Waals surface area contributed by atoms with E-state index >= 15 is 0 Å². The lowest BCUT2D eigenvalue weighted by Crippen LogP contribution is -2.15. The number of ether oxygens (including phenoxy) is 1. The largest absolute Gasteiger partial charge is 0.492 e. The Hall–Kier alpha value is -1.09. The van der Waals surface area contributed by atoms with Crippen LogP contribution in [0.4, 0.5) is 0 Å². The van der Waals surface area contributed by atoms with Gasteiger partial charge < -0.3 is 10.1 Å². The van der Waals surface area contributed by atoms with Crippen molar-refractivity contribution in [1.29, 1.82) is 0 Å². The van der Waals surface area contributed by atoms with Gasteiger partial charge in [0, 0.05) is 12.2 Å². The van der Waals surface area contributed by atoms with E-state index in [-0.39, 0.29) is 0 Å². The van der Waals surface area contributed by atoms with Gasteiger partial charge in [-0.15, -0.1) is 0 Å². The van der Waals surface area contributed by atoms with Crippen LogP contribution < -0.4 is 10.1 Å². The third-order valence-electron chi connectivity index (χ3n) is 2.37. The number of hydrogen-bond donors (Lipinski definition) is 1. The number of nitrogens with zero attached hydrogens (tertiary/aromatic N) is 1. The molecule has 1 rings (SSSR count). The van der Waals surface area contributed by atoms with E-state index in [1.807, 2.05) is 13.2 Å². The predicted molar refractivity (Wildman–Crippen MR) is 62.1 cm³/mol. The van der Waals surface area contributed by atoms with Crippen LogP contribution >= 0.6 is 0 Å². The Labute approximate surface area is 91.9 Å². The van der Waals surface area contributed by atoms with Gasteiger partial charge in [-0.2, -0.15) is 0 Å². The summed E-state index contributed by atoms with van der Waals surface area (Å²) in [5.41, 5.74) is 1.19. The maximum atomic E-state index is 5.54. The molecule has 0 saturated heterocycles. The summed E-state index contributed by atoms with van der Waals surface area (Å²) in [6.07, 6.45) is 5.73. The molecule has 0 radical (unpaired) electrons. The molecule has 1 aromatic heterocycles. The third kappa shape index (κ3) is 3.51. The third-order valence-corrected chi connectivity index (χ3v) is 2.37. The second-order valence-electron chi connectivity index (χ2n) is 3.55. The average Bonchev–Trinajstić information content (AvgIpc) is 2.29. The van der Waals surface area contributed by atoms with E-state index in [0.717, 1.165) is 25.2 Å². The molecule has 1 N–H and O–H groups in total. The Morgan fingerprint density at radius 1 is 1.40 bits per heavy atom. The lowest BCUT2D eigenvalue weighted by atomic mass is 10.1. The van der Waals surface area contributed by atoms with Gasteiger partial charge in [0.1, 0.15) is 5.75 Å². The molecular formula is C12H20N2O. The van der Waals surface area contributed by atoms with Crippen molar-refractivity contribution in [1.82, 2.24) is 10.3 Å². The van der Waals surface area contributed by atoms with Gasteiger partial charge in [-0.3, -0.25) is 4.98 Å². The van der Waals surface area contributed by atoms with Crippen molar-refractivity contribution in [3.63, 3.8) is 0 Å².